The van der Waals surface area contributed by atoms with Crippen LogP contribution in [0.5, 0.6) is 0 Å². The zero-order chi connectivity index (χ0) is 11.9. The zero-order valence-electron chi connectivity index (χ0n) is 8.49. The predicted molar refractivity (Wildman–Crippen MR) is 62.5 cm³/mol. The van der Waals surface area contributed by atoms with Crippen molar-refractivity contribution in [1.82, 2.24) is 0 Å². The Kier molecular flexibility index (Phi) is 2.67. The van der Waals surface area contributed by atoms with E-state index in [4.69, 9.17) is 0 Å². The molecule has 0 bridgehead atoms. The molecule has 0 saturated heterocycles. The first-order valence-corrected chi connectivity index (χ1v) is 5.56. The third kappa shape index (κ3) is 1.80. The third-order valence-electron chi connectivity index (χ3n) is 2.60. The molecule has 1 amide bonds. The minimum Gasteiger partial charge on any atom is -0.320 e. The molecule has 84 valence electrons. The van der Waals surface area contributed by atoms with Crippen LogP contribution >= 0.6 is 15.9 Å². The Morgan fingerprint density at radius 1 is 1.56 bits per heavy atom. The molecule has 16 heavy (non-hydrogen) atoms. The van der Waals surface area contributed by atoms with Crippen molar-refractivity contribution in [1.29, 1.82) is 0 Å². The second-order valence-corrected chi connectivity index (χ2v) is 4.72. The number of anilines is 1. The molecule has 1 aromatic rings. The van der Waals surface area contributed by atoms with Crippen molar-refractivity contribution in [3.8, 4) is 0 Å². The topological polar surface area (TPSA) is 72.2 Å². The van der Waals surface area contributed by atoms with Gasteiger partial charge in [-0.25, -0.2) is 0 Å². The maximum absolute atomic E-state index is 11.4. The van der Waals surface area contributed by atoms with E-state index in [0.29, 0.717) is 16.6 Å². The lowest BCUT2D eigenvalue weighted by molar-refractivity contribution is -0.384. The Labute approximate surface area is 100 Å². The van der Waals surface area contributed by atoms with Crippen LogP contribution in [0.3, 0.4) is 0 Å². The number of nitrogens with zero attached hydrogens (tertiary/aromatic N) is 1. The van der Waals surface area contributed by atoms with Gasteiger partial charge in [0.05, 0.1) is 4.92 Å². The number of nitro benzene ring substituents is 1. The minimum atomic E-state index is -0.484. The van der Waals surface area contributed by atoms with Crippen molar-refractivity contribution in [2.75, 3.05) is 5.32 Å². The average molecular weight is 285 g/mol. The van der Waals surface area contributed by atoms with Gasteiger partial charge in [0.1, 0.15) is 5.69 Å². The number of hydrogen-bond donors (Lipinski definition) is 1. The molecule has 0 radical (unpaired) electrons. The van der Waals surface area contributed by atoms with E-state index < -0.39 is 4.92 Å². The monoisotopic (exact) mass is 284 g/mol. The summed E-state index contributed by atoms with van der Waals surface area (Å²) in [7, 11) is 0. The van der Waals surface area contributed by atoms with Crippen molar-refractivity contribution < 1.29 is 9.72 Å². The lowest BCUT2D eigenvalue weighted by Crippen LogP contribution is -2.22. The molecule has 0 fully saturated rings. The van der Waals surface area contributed by atoms with Crippen LogP contribution in [0.25, 0.3) is 0 Å². The average Bonchev–Trinajstić information content (AvgIpc) is 2.18. The highest BCUT2D eigenvalue weighted by atomic mass is 79.9. The quantitative estimate of drug-likeness (QED) is 0.637. The molecule has 0 spiro atoms. The Morgan fingerprint density at radius 3 is 2.88 bits per heavy atom. The first-order valence-electron chi connectivity index (χ1n) is 4.76. The number of nitro groups is 1. The Balaban J connectivity index is 2.65. The number of amides is 1. The zero-order valence-corrected chi connectivity index (χ0v) is 10.1. The summed E-state index contributed by atoms with van der Waals surface area (Å²) >= 11 is 3.24. The van der Waals surface area contributed by atoms with E-state index in [9.17, 15) is 14.9 Å². The van der Waals surface area contributed by atoms with E-state index in [0.717, 1.165) is 5.56 Å². The first kappa shape index (κ1) is 11.1. The van der Waals surface area contributed by atoms with Crippen LogP contribution < -0.4 is 5.32 Å². The van der Waals surface area contributed by atoms with Crippen LogP contribution in [-0.2, 0) is 4.79 Å². The van der Waals surface area contributed by atoms with Crippen molar-refractivity contribution >= 4 is 33.2 Å². The highest BCUT2D eigenvalue weighted by Gasteiger charge is 2.28. The summed E-state index contributed by atoms with van der Waals surface area (Å²) in [5.74, 6) is -0.176. The van der Waals surface area contributed by atoms with E-state index in [1.807, 2.05) is 13.0 Å². The van der Waals surface area contributed by atoms with Crippen molar-refractivity contribution in [2.24, 2.45) is 0 Å². The van der Waals surface area contributed by atoms with Crippen LogP contribution in [0, 0.1) is 10.1 Å². The van der Waals surface area contributed by atoms with Crippen LogP contribution in [0.1, 0.15) is 24.8 Å². The molecule has 1 aromatic carbocycles. The van der Waals surface area contributed by atoms with E-state index in [2.05, 4.69) is 21.2 Å². The Hall–Kier alpha value is -1.43. The number of fused-ring (bicyclic) bond motifs is 1. The summed E-state index contributed by atoms with van der Waals surface area (Å²) in [5, 5.41) is 13.4. The number of halogens is 1. The standard InChI is InChI=1S/C10H9BrN2O3/c1-5-2-9(14)12-10-7(5)3-6(11)4-8(10)13(15)16/h3-5H,2H2,1H3,(H,12,14)/t5-/m1/s1. The molecule has 6 heteroatoms. The van der Waals surface area contributed by atoms with Crippen molar-refractivity contribution in [2.45, 2.75) is 19.3 Å². The van der Waals surface area contributed by atoms with Crippen molar-refractivity contribution in [3.63, 3.8) is 0 Å². The number of carbonyl (C=O) groups excluding carboxylic acids is 1. The molecule has 1 heterocycles. The van der Waals surface area contributed by atoms with Crippen LogP contribution in [0.15, 0.2) is 16.6 Å². The largest absolute Gasteiger partial charge is 0.320 e. The molecule has 0 aliphatic carbocycles. The Morgan fingerprint density at radius 2 is 2.25 bits per heavy atom. The minimum absolute atomic E-state index is 0.0000463. The smallest absolute Gasteiger partial charge is 0.294 e. The summed E-state index contributed by atoms with van der Waals surface area (Å²) in [4.78, 5) is 21.7. The summed E-state index contributed by atoms with van der Waals surface area (Å²) in [5.41, 5.74) is 1.07. The molecule has 2 rings (SSSR count). The summed E-state index contributed by atoms with van der Waals surface area (Å²) in [6.45, 7) is 1.88. The second-order valence-electron chi connectivity index (χ2n) is 3.80. The molecule has 1 atom stereocenters. The molecule has 1 aliphatic heterocycles. The fraction of sp³-hybridized carbons (Fsp3) is 0.300. The van der Waals surface area contributed by atoms with Gasteiger partial charge in [-0.3, -0.25) is 14.9 Å². The lowest BCUT2D eigenvalue weighted by Gasteiger charge is -2.22. The summed E-state index contributed by atoms with van der Waals surface area (Å²) in [6, 6.07) is 3.21. The molecule has 5 nitrogen and oxygen atoms in total. The lowest BCUT2D eigenvalue weighted by atomic mass is 9.92. The van der Waals surface area contributed by atoms with Gasteiger partial charge in [-0.15, -0.1) is 0 Å². The molecular weight excluding hydrogens is 276 g/mol. The summed E-state index contributed by atoms with van der Waals surface area (Å²) in [6.07, 6.45) is 0.362. The fourth-order valence-corrected chi connectivity index (χ4v) is 2.32. The van der Waals surface area contributed by atoms with Gasteiger partial charge in [0.15, 0.2) is 0 Å². The van der Waals surface area contributed by atoms with Gasteiger partial charge in [0.25, 0.3) is 5.69 Å². The number of nitrogens with one attached hydrogen (secondary N) is 1. The first-order chi connectivity index (χ1) is 7.49. The number of carbonyl (C=O) groups is 1. The van der Waals surface area contributed by atoms with E-state index >= 15 is 0 Å². The number of rotatable bonds is 1. The molecule has 0 unspecified atom stereocenters. The van der Waals surface area contributed by atoms with Gasteiger partial charge < -0.3 is 5.32 Å². The molecule has 0 saturated carbocycles. The normalized spacial score (nSPS) is 18.9. The molecule has 0 aromatic heterocycles. The van der Waals surface area contributed by atoms with Gasteiger partial charge >= 0.3 is 0 Å². The van der Waals surface area contributed by atoms with Crippen LogP contribution in [-0.4, -0.2) is 10.8 Å². The van der Waals surface area contributed by atoms with Gasteiger partial charge in [-0.05, 0) is 17.5 Å². The number of hydrogen-bond acceptors (Lipinski definition) is 3. The van der Waals surface area contributed by atoms with E-state index in [1.54, 1.807) is 0 Å². The third-order valence-corrected chi connectivity index (χ3v) is 3.05. The maximum atomic E-state index is 11.4. The van der Waals surface area contributed by atoms with Crippen LogP contribution in [0.2, 0.25) is 0 Å². The molecule has 1 N–H and O–H groups in total. The van der Waals surface area contributed by atoms with Crippen LogP contribution in [0.4, 0.5) is 11.4 Å². The van der Waals surface area contributed by atoms with E-state index in [1.165, 1.54) is 6.07 Å². The Bertz CT molecular complexity index is 487. The summed E-state index contributed by atoms with van der Waals surface area (Å²) < 4.78 is 0.654. The fourth-order valence-electron chi connectivity index (χ4n) is 1.86. The maximum Gasteiger partial charge on any atom is 0.294 e. The van der Waals surface area contributed by atoms with Crippen molar-refractivity contribution in [3.05, 3.63) is 32.3 Å². The van der Waals surface area contributed by atoms with Gasteiger partial charge in [0.2, 0.25) is 5.91 Å². The van der Waals surface area contributed by atoms with Gasteiger partial charge in [0, 0.05) is 17.0 Å². The highest BCUT2D eigenvalue weighted by molar-refractivity contribution is 9.10. The second kappa shape index (κ2) is 3.86. The highest BCUT2D eigenvalue weighted by Crippen LogP contribution is 2.40. The SMILES string of the molecule is C[C@@H]1CC(=O)Nc2c1cc(Br)cc2[N+](=O)[O-]. The molecular formula is C10H9BrN2O3. The van der Waals surface area contributed by atoms with Gasteiger partial charge in [-0.2, -0.15) is 0 Å². The van der Waals surface area contributed by atoms with Gasteiger partial charge in [-0.1, -0.05) is 22.9 Å². The molecule has 1 aliphatic rings. The van der Waals surface area contributed by atoms with E-state index in [-0.39, 0.29) is 17.5 Å². The predicted octanol–water partition coefficient (Wildman–Crippen LogP) is 2.80. The number of benzene rings is 1.